The number of aromatic nitrogens is 2. The fraction of sp³-hybridized carbons (Fsp3) is 0.353. The van der Waals surface area contributed by atoms with Gasteiger partial charge in [0.05, 0.1) is 6.54 Å². The number of halogens is 2. The predicted octanol–water partition coefficient (Wildman–Crippen LogP) is 1.69. The summed E-state index contributed by atoms with van der Waals surface area (Å²) in [6.45, 7) is 2.29. The highest BCUT2D eigenvalue weighted by molar-refractivity contribution is 5.86. The molecule has 1 heterocycles. The molecule has 2 aromatic rings. The molecule has 1 unspecified atom stereocenters. The Morgan fingerprint density at radius 1 is 1.27 bits per heavy atom. The fourth-order valence-corrected chi connectivity index (χ4v) is 2.32. The molecule has 1 atom stereocenters. The lowest BCUT2D eigenvalue weighted by Gasteiger charge is -2.21. The highest BCUT2D eigenvalue weighted by Crippen LogP contribution is 2.07. The number of likely N-dealkylation sites (N-methyl/N-ethyl adjacent to an activating group) is 1. The Morgan fingerprint density at radius 2 is 1.92 bits per heavy atom. The number of nitrogen functional groups attached to an aromatic ring is 1. The van der Waals surface area contributed by atoms with Crippen LogP contribution in [0.5, 0.6) is 0 Å². The van der Waals surface area contributed by atoms with Crippen molar-refractivity contribution >= 4 is 42.3 Å². The number of carbonyl (C=O) groups excluding carboxylic acids is 2. The molecule has 1 aromatic carbocycles. The second-order valence-corrected chi connectivity index (χ2v) is 5.70. The Kier molecular flexibility index (Phi) is 10.4. The van der Waals surface area contributed by atoms with E-state index >= 15 is 0 Å². The molecule has 0 aliphatic heterocycles. The SMILES string of the molecule is CC(C(=O)N(C)CC(=O)NCCc1ccc(N)cc1)n1cccn1.Cl.Cl. The number of benzene rings is 1. The predicted molar refractivity (Wildman–Crippen MR) is 107 cm³/mol. The Hall–Kier alpha value is -2.25. The van der Waals surface area contributed by atoms with Crippen LogP contribution in [0.1, 0.15) is 18.5 Å². The number of hydrogen-bond acceptors (Lipinski definition) is 4. The molecule has 144 valence electrons. The molecule has 0 bridgehead atoms. The lowest BCUT2D eigenvalue weighted by atomic mass is 10.1. The van der Waals surface area contributed by atoms with E-state index in [0.717, 1.165) is 5.56 Å². The van der Waals surface area contributed by atoms with Gasteiger partial charge in [0.2, 0.25) is 11.8 Å². The second kappa shape index (κ2) is 11.4. The smallest absolute Gasteiger partial charge is 0.247 e. The van der Waals surface area contributed by atoms with E-state index in [0.29, 0.717) is 18.7 Å². The largest absolute Gasteiger partial charge is 0.399 e. The molecule has 0 fully saturated rings. The zero-order valence-electron chi connectivity index (χ0n) is 14.8. The van der Waals surface area contributed by atoms with Gasteiger partial charge in [-0.1, -0.05) is 12.1 Å². The van der Waals surface area contributed by atoms with Crippen LogP contribution in [0.4, 0.5) is 5.69 Å². The maximum atomic E-state index is 12.3. The van der Waals surface area contributed by atoms with Crippen LogP contribution in [0.2, 0.25) is 0 Å². The van der Waals surface area contributed by atoms with Crippen molar-refractivity contribution in [3.05, 3.63) is 48.3 Å². The summed E-state index contributed by atoms with van der Waals surface area (Å²) in [7, 11) is 1.61. The lowest BCUT2D eigenvalue weighted by molar-refractivity contribution is -0.137. The first-order valence-electron chi connectivity index (χ1n) is 7.82. The summed E-state index contributed by atoms with van der Waals surface area (Å²) < 4.78 is 1.57. The lowest BCUT2D eigenvalue weighted by Crippen LogP contribution is -2.41. The van der Waals surface area contributed by atoms with Gasteiger partial charge in [-0.3, -0.25) is 14.3 Å². The second-order valence-electron chi connectivity index (χ2n) is 5.70. The van der Waals surface area contributed by atoms with Crippen molar-refractivity contribution in [3.8, 4) is 0 Å². The zero-order chi connectivity index (χ0) is 17.5. The number of carbonyl (C=O) groups is 2. The van der Waals surface area contributed by atoms with Crippen LogP contribution >= 0.6 is 24.8 Å². The number of nitrogens with two attached hydrogens (primary N) is 1. The number of anilines is 1. The van der Waals surface area contributed by atoms with Gasteiger partial charge in [0.15, 0.2) is 0 Å². The first-order valence-corrected chi connectivity index (χ1v) is 7.82. The summed E-state index contributed by atoms with van der Waals surface area (Å²) in [5, 5.41) is 6.87. The van der Waals surface area contributed by atoms with E-state index in [-0.39, 0.29) is 43.2 Å². The molecule has 0 spiro atoms. The van der Waals surface area contributed by atoms with Gasteiger partial charge in [0.1, 0.15) is 6.04 Å². The summed E-state index contributed by atoms with van der Waals surface area (Å²) in [5.41, 5.74) is 7.45. The van der Waals surface area contributed by atoms with Crippen LogP contribution in [0.15, 0.2) is 42.7 Å². The maximum absolute atomic E-state index is 12.3. The number of hydrogen-bond donors (Lipinski definition) is 2. The Labute approximate surface area is 165 Å². The van der Waals surface area contributed by atoms with Gasteiger partial charge in [-0.15, -0.1) is 24.8 Å². The van der Waals surface area contributed by atoms with Crippen molar-refractivity contribution in [2.45, 2.75) is 19.4 Å². The van der Waals surface area contributed by atoms with Gasteiger partial charge in [-0.2, -0.15) is 5.10 Å². The topological polar surface area (TPSA) is 93.3 Å². The molecule has 1 aromatic heterocycles. The van der Waals surface area contributed by atoms with E-state index < -0.39 is 6.04 Å². The van der Waals surface area contributed by atoms with Crippen LogP contribution in [0, 0.1) is 0 Å². The first-order chi connectivity index (χ1) is 11.5. The minimum absolute atomic E-state index is 0. The van der Waals surface area contributed by atoms with Gasteiger partial charge in [-0.05, 0) is 37.1 Å². The third kappa shape index (κ3) is 6.93. The van der Waals surface area contributed by atoms with E-state index in [2.05, 4.69) is 10.4 Å². The van der Waals surface area contributed by atoms with E-state index in [9.17, 15) is 9.59 Å². The van der Waals surface area contributed by atoms with Crippen LogP contribution in [0.25, 0.3) is 0 Å². The minimum Gasteiger partial charge on any atom is -0.399 e. The summed E-state index contributed by atoms with van der Waals surface area (Å²) in [5.74, 6) is -0.346. The average molecular weight is 402 g/mol. The van der Waals surface area contributed by atoms with Crippen molar-refractivity contribution in [1.29, 1.82) is 0 Å². The van der Waals surface area contributed by atoms with Gasteiger partial charge in [-0.25, -0.2) is 0 Å². The fourth-order valence-electron chi connectivity index (χ4n) is 2.32. The molecule has 0 aliphatic carbocycles. The Morgan fingerprint density at radius 3 is 2.50 bits per heavy atom. The summed E-state index contributed by atoms with van der Waals surface area (Å²) in [6, 6.07) is 8.85. The molecular formula is C17H25Cl2N5O2. The third-order valence-electron chi connectivity index (χ3n) is 3.75. The van der Waals surface area contributed by atoms with Gasteiger partial charge < -0.3 is 16.0 Å². The van der Waals surface area contributed by atoms with Crippen molar-refractivity contribution in [2.24, 2.45) is 0 Å². The number of nitrogens with zero attached hydrogens (tertiary/aromatic N) is 3. The van der Waals surface area contributed by atoms with E-state index in [1.165, 1.54) is 4.90 Å². The number of nitrogens with one attached hydrogen (secondary N) is 1. The maximum Gasteiger partial charge on any atom is 0.247 e. The Bertz CT molecular complexity index is 677. The Balaban J connectivity index is 0.00000312. The normalized spacial score (nSPS) is 10.8. The van der Waals surface area contributed by atoms with Gasteiger partial charge in [0.25, 0.3) is 0 Å². The van der Waals surface area contributed by atoms with Gasteiger partial charge in [0, 0.05) is 31.7 Å². The molecule has 0 aliphatic rings. The summed E-state index contributed by atoms with van der Waals surface area (Å²) in [4.78, 5) is 25.6. The quantitative estimate of drug-likeness (QED) is 0.690. The molecule has 26 heavy (non-hydrogen) atoms. The highest BCUT2D eigenvalue weighted by Gasteiger charge is 2.20. The monoisotopic (exact) mass is 401 g/mol. The first kappa shape index (κ1) is 23.8. The summed E-state index contributed by atoms with van der Waals surface area (Å²) >= 11 is 0. The molecular weight excluding hydrogens is 377 g/mol. The third-order valence-corrected chi connectivity index (χ3v) is 3.75. The van der Waals surface area contributed by atoms with Crippen LogP contribution in [0.3, 0.4) is 0 Å². The van der Waals surface area contributed by atoms with E-state index in [1.54, 1.807) is 37.1 Å². The van der Waals surface area contributed by atoms with Crippen molar-refractivity contribution in [3.63, 3.8) is 0 Å². The van der Waals surface area contributed by atoms with Crippen LogP contribution in [-0.4, -0.2) is 46.6 Å². The molecule has 7 nitrogen and oxygen atoms in total. The zero-order valence-corrected chi connectivity index (χ0v) is 16.4. The average Bonchev–Trinajstić information content (AvgIpc) is 3.09. The number of amides is 2. The standard InChI is InChI=1S/C17H23N5O2.2ClH/c1-13(22-11-3-9-20-22)17(24)21(2)12-16(23)19-10-8-14-4-6-15(18)7-5-14;;/h3-7,9,11,13H,8,10,12,18H2,1-2H3,(H,19,23);2*1H. The van der Waals surface area contributed by atoms with Crippen LogP contribution in [-0.2, 0) is 16.0 Å². The molecule has 3 N–H and O–H groups in total. The minimum atomic E-state index is -0.437. The molecule has 9 heteroatoms. The van der Waals surface area contributed by atoms with Crippen molar-refractivity contribution in [2.75, 3.05) is 25.9 Å². The van der Waals surface area contributed by atoms with Crippen LogP contribution < -0.4 is 11.1 Å². The summed E-state index contributed by atoms with van der Waals surface area (Å²) in [6.07, 6.45) is 4.06. The van der Waals surface area contributed by atoms with Gasteiger partial charge >= 0.3 is 0 Å². The molecule has 0 radical (unpaired) electrons. The molecule has 0 saturated carbocycles. The number of rotatable bonds is 7. The van der Waals surface area contributed by atoms with Crippen molar-refractivity contribution in [1.82, 2.24) is 20.0 Å². The molecule has 2 rings (SSSR count). The molecule has 0 saturated heterocycles. The highest BCUT2D eigenvalue weighted by atomic mass is 35.5. The van der Waals surface area contributed by atoms with Crippen molar-refractivity contribution < 1.29 is 9.59 Å². The van der Waals surface area contributed by atoms with E-state index in [4.69, 9.17) is 5.73 Å². The van der Waals surface area contributed by atoms with E-state index in [1.807, 2.05) is 24.3 Å². The molecule has 2 amide bonds.